The third-order valence-electron chi connectivity index (χ3n) is 3.35. The maximum absolute atomic E-state index is 11.7. The molecule has 16 heavy (non-hydrogen) atoms. The fourth-order valence-corrected chi connectivity index (χ4v) is 1.85. The number of hydrogen-bond acceptors (Lipinski definition) is 3. The molecule has 0 saturated heterocycles. The van der Waals surface area contributed by atoms with E-state index >= 15 is 0 Å². The van der Waals surface area contributed by atoms with E-state index in [9.17, 15) is 4.79 Å². The normalized spacial score (nSPS) is 21.8. The molecule has 1 saturated carbocycles. The third-order valence-corrected chi connectivity index (χ3v) is 3.35. The SMILES string of the molecule is Cn1ncc(CNC(=O)C2CC2(C)C)c1N. The number of hydrogen-bond donors (Lipinski definition) is 2. The molecule has 1 unspecified atom stereocenters. The van der Waals surface area contributed by atoms with Crippen LogP contribution in [0.15, 0.2) is 6.20 Å². The first-order valence-corrected chi connectivity index (χ1v) is 5.46. The second kappa shape index (κ2) is 3.50. The lowest BCUT2D eigenvalue weighted by Gasteiger charge is -2.06. The van der Waals surface area contributed by atoms with Gasteiger partial charge in [-0.3, -0.25) is 9.48 Å². The van der Waals surface area contributed by atoms with E-state index in [4.69, 9.17) is 5.73 Å². The topological polar surface area (TPSA) is 72.9 Å². The van der Waals surface area contributed by atoms with Crippen LogP contribution in [0.5, 0.6) is 0 Å². The van der Waals surface area contributed by atoms with Crippen LogP contribution in [0.2, 0.25) is 0 Å². The van der Waals surface area contributed by atoms with Crippen LogP contribution < -0.4 is 11.1 Å². The molecule has 1 aliphatic carbocycles. The summed E-state index contributed by atoms with van der Waals surface area (Å²) >= 11 is 0. The molecule has 1 amide bonds. The highest BCUT2D eigenvalue weighted by Gasteiger charge is 2.50. The minimum atomic E-state index is 0.119. The van der Waals surface area contributed by atoms with E-state index in [-0.39, 0.29) is 17.2 Å². The van der Waals surface area contributed by atoms with Gasteiger partial charge in [0, 0.05) is 25.1 Å². The van der Waals surface area contributed by atoms with E-state index in [0.29, 0.717) is 12.4 Å². The number of nitrogen functional groups attached to an aromatic ring is 1. The molecule has 0 aromatic carbocycles. The quantitative estimate of drug-likeness (QED) is 0.789. The van der Waals surface area contributed by atoms with Crippen molar-refractivity contribution in [3.05, 3.63) is 11.8 Å². The van der Waals surface area contributed by atoms with Gasteiger partial charge in [0.05, 0.1) is 6.20 Å². The standard InChI is InChI=1S/C11H18N4O/c1-11(2)4-8(11)10(16)13-5-7-6-14-15(3)9(7)12/h6,8H,4-5,12H2,1-3H3,(H,13,16). The number of carbonyl (C=O) groups excluding carboxylic acids is 1. The van der Waals surface area contributed by atoms with E-state index in [1.165, 1.54) is 0 Å². The number of aromatic nitrogens is 2. The van der Waals surface area contributed by atoms with Crippen molar-refractivity contribution in [1.82, 2.24) is 15.1 Å². The van der Waals surface area contributed by atoms with Gasteiger partial charge in [-0.1, -0.05) is 13.8 Å². The number of aryl methyl sites for hydroxylation is 1. The van der Waals surface area contributed by atoms with Crippen LogP contribution in [0, 0.1) is 11.3 Å². The maximum atomic E-state index is 11.7. The third kappa shape index (κ3) is 1.89. The summed E-state index contributed by atoms with van der Waals surface area (Å²) in [7, 11) is 1.78. The van der Waals surface area contributed by atoms with E-state index in [0.717, 1.165) is 12.0 Å². The van der Waals surface area contributed by atoms with Crippen LogP contribution in [0.3, 0.4) is 0 Å². The van der Waals surface area contributed by atoms with Crippen molar-refractivity contribution in [2.45, 2.75) is 26.8 Å². The predicted molar refractivity (Wildman–Crippen MR) is 61.4 cm³/mol. The Kier molecular flexibility index (Phi) is 2.40. The van der Waals surface area contributed by atoms with Crippen LogP contribution in [0.25, 0.3) is 0 Å². The molecule has 3 N–H and O–H groups in total. The summed E-state index contributed by atoms with van der Waals surface area (Å²) in [4.78, 5) is 11.7. The Morgan fingerprint density at radius 2 is 2.38 bits per heavy atom. The number of carbonyl (C=O) groups is 1. The monoisotopic (exact) mass is 222 g/mol. The molecule has 1 fully saturated rings. The van der Waals surface area contributed by atoms with Gasteiger partial charge in [-0.25, -0.2) is 0 Å². The second-order valence-electron chi connectivity index (χ2n) is 5.14. The van der Waals surface area contributed by atoms with Crippen molar-refractivity contribution in [1.29, 1.82) is 0 Å². The number of amides is 1. The molecule has 0 aliphatic heterocycles. The number of nitrogens with two attached hydrogens (primary N) is 1. The zero-order valence-corrected chi connectivity index (χ0v) is 9.95. The van der Waals surface area contributed by atoms with Crippen LogP contribution >= 0.6 is 0 Å². The first-order valence-electron chi connectivity index (χ1n) is 5.46. The van der Waals surface area contributed by atoms with E-state index in [1.807, 2.05) is 0 Å². The molecule has 1 aliphatic rings. The lowest BCUT2D eigenvalue weighted by Crippen LogP contribution is -2.26. The zero-order valence-electron chi connectivity index (χ0n) is 9.95. The van der Waals surface area contributed by atoms with E-state index in [2.05, 4.69) is 24.3 Å². The molecule has 2 rings (SSSR count). The van der Waals surface area contributed by atoms with Crippen molar-refractivity contribution in [3.63, 3.8) is 0 Å². The first kappa shape index (κ1) is 11.0. The Morgan fingerprint density at radius 3 is 2.81 bits per heavy atom. The maximum Gasteiger partial charge on any atom is 0.223 e. The van der Waals surface area contributed by atoms with Gasteiger partial charge < -0.3 is 11.1 Å². The Bertz CT molecular complexity index is 422. The lowest BCUT2D eigenvalue weighted by molar-refractivity contribution is -0.123. The second-order valence-corrected chi connectivity index (χ2v) is 5.14. The number of anilines is 1. The van der Waals surface area contributed by atoms with Crippen molar-refractivity contribution in [2.24, 2.45) is 18.4 Å². The fourth-order valence-electron chi connectivity index (χ4n) is 1.85. The Labute approximate surface area is 95.0 Å². The van der Waals surface area contributed by atoms with Gasteiger partial charge in [0.15, 0.2) is 0 Å². The minimum Gasteiger partial charge on any atom is -0.384 e. The van der Waals surface area contributed by atoms with Gasteiger partial charge in [0.1, 0.15) is 5.82 Å². The van der Waals surface area contributed by atoms with Gasteiger partial charge in [-0.05, 0) is 11.8 Å². The van der Waals surface area contributed by atoms with Crippen LogP contribution in [-0.4, -0.2) is 15.7 Å². The van der Waals surface area contributed by atoms with Crippen molar-refractivity contribution >= 4 is 11.7 Å². The van der Waals surface area contributed by atoms with Crippen molar-refractivity contribution < 1.29 is 4.79 Å². The average molecular weight is 222 g/mol. The molecule has 1 heterocycles. The molecular weight excluding hydrogens is 204 g/mol. The van der Waals surface area contributed by atoms with Crippen LogP contribution in [0.4, 0.5) is 5.82 Å². The predicted octanol–water partition coefficient (Wildman–Crippen LogP) is 0.665. The molecule has 1 aromatic rings. The highest BCUT2D eigenvalue weighted by molar-refractivity contribution is 5.82. The Hall–Kier alpha value is -1.52. The molecule has 0 radical (unpaired) electrons. The molecular formula is C11H18N4O. The molecule has 0 bridgehead atoms. The summed E-state index contributed by atoms with van der Waals surface area (Å²) in [6, 6.07) is 0. The van der Waals surface area contributed by atoms with Crippen molar-refractivity contribution in [2.75, 3.05) is 5.73 Å². The van der Waals surface area contributed by atoms with E-state index < -0.39 is 0 Å². The Morgan fingerprint density at radius 1 is 1.75 bits per heavy atom. The molecule has 0 spiro atoms. The Balaban J connectivity index is 1.89. The summed E-state index contributed by atoms with van der Waals surface area (Å²) in [6.07, 6.45) is 2.66. The first-order chi connectivity index (χ1) is 7.42. The molecule has 88 valence electrons. The van der Waals surface area contributed by atoms with Crippen molar-refractivity contribution in [3.8, 4) is 0 Å². The minimum absolute atomic E-state index is 0.119. The van der Waals surface area contributed by atoms with Gasteiger partial charge in [-0.2, -0.15) is 5.10 Å². The number of nitrogens with one attached hydrogen (secondary N) is 1. The van der Waals surface area contributed by atoms with Gasteiger partial charge in [0.25, 0.3) is 0 Å². The van der Waals surface area contributed by atoms with E-state index in [1.54, 1.807) is 17.9 Å². The van der Waals surface area contributed by atoms with Gasteiger partial charge in [-0.15, -0.1) is 0 Å². The summed E-state index contributed by atoms with van der Waals surface area (Å²) in [5.74, 6) is 0.883. The summed E-state index contributed by atoms with van der Waals surface area (Å²) in [6.45, 7) is 4.68. The van der Waals surface area contributed by atoms with Crippen LogP contribution in [0.1, 0.15) is 25.8 Å². The van der Waals surface area contributed by atoms with Gasteiger partial charge >= 0.3 is 0 Å². The zero-order chi connectivity index (χ0) is 11.9. The summed E-state index contributed by atoms with van der Waals surface area (Å²) in [5.41, 5.74) is 6.82. The summed E-state index contributed by atoms with van der Waals surface area (Å²) < 4.78 is 1.60. The van der Waals surface area contributed by atoms with Crippen LogP contribution in [-0.2, 0) is 18.4 Å². The molecule has 5 heteroatoms. The smallest absolute Gasteiger partial charge is 0.223 e. The highest BCUT2D eigenvalue weighted by Crippen LogP contribution is 2.51. The fraction of sp³-hybridized carbons (Fsp3) is 0.636. The molecule has 1 atom stereocenters. The van der Waals surface area contributed by atoms with Gasteiger partial charge in [0.2, 0.25) is 5.91 Å². The summed E-state index contributed by atoms with van der Waals surface area (Å²) in [5, 5.41) is 6.92. The average Bonchev–Trinajstić information content (AvgIpc) is 2.74. The largest absolute Gasteiger partial charge is 0.384 e. The molecule has 1 aromatic heterocycles. The number of rotatable bonds is 3. The lowest BCUT2D eigenvalue weighted by atomic mass is 10.1. The highest BCUT2D eigenvalue weighted by atomic mass is 16.2. The molecule has 5 nitrogen and oxygen atoms in total. The number of nitrogens with zero attached hydrogens (tertiary/aromatic N) is 2.